The molecule has 2 unspecified atom stereocenters. The number of aliphatic hydroxyl groups is 1. The predicted molar refractivity (Wildman–Crippen MR) is 81.6 cm³/mol. The van der Waals surface area contributed by atoms with Crippen LogP contribution in [0.5, 0.6) is 0 Å². The highest BCUT2D eigenvalue weighted by molar-refractivity contribution is 5.81. The molecular weight excluding hydrogens is 256 g/mol. The van der Waals surface area contributed by atoms with Gasteiger partial charge < -0.3 is 20.5 Å². The van der Waals surface area contributed by atoms with E-state index in [0.29, 0.717) is 25.7 Å². The molecule has 0 aromatic rings. The molecular formula is C15H32N2O3. The Morgan fingerprint density at radius 1 is 1.20 bits per heavy atom. The summed E-state index contributed by atoms with van der Waals surface area (Å²) in [7, 11) is 0. The maximum Gasteiger partial charge on any atom is 0.237 e. The Kier molecular flexibility index (Phi) is 10.7. The van der Waals surface area contributed by atoms with Gasteiger partial charge in [0.2, 0.25) is 5.91 Å². The summed E-state index contributed by atoms with van der Waals surface area (Å²) in [4.78, 5) is 11.6. The van der Waals surface area contributed by atoms with Gasteiger partial charge in [0.05, 0.1) is 18.8 Å². The van der Waals surface area contributed by atoms with Crippen LogP contribution < -0.4 is 10.6 Å². The van der Waals surface area contributed by atoms with Crippen LogP contribution in [0, 0.1) is 5.92 Å². The standard InChI is InChI=1S/C15H32N2O3/c1-11(2)7-6-8-20-10-14(18)9-16-13(5)15(19)17-12(3)4/h11-14,16,18H,6-10H2,1-5H3,(H,17,19). The van der Waals surface area contributed by atoms with Crippen LogP contribution in [0.3, 0.4) is 0 Å². The molecule has 5 heteroatoms. The van der Waals surface area contributed by atoms with Crippen molar-refractivity contribution < 1.29 is 14.6 Å². The number of ether oxygens (including phenoxy) is 1. The minimum absolute atomic E-state index is 0.0509. The lowest BCUT2D eigenvalue weighted by molar-refractivity contribution is -0.123. The van der Waals surface area contributed by atoms with E-state index < -0.39 is 6.10 Å². The first kappa shape index (κ1) is 19.4. The van der Waals surface area contributed by atoms with Crippen molar-refractivity contribution >= 4 is 5.91 Å². The Balaban J connectivity index is 3.61. The molecule has 3 N–H and O–H groups in total. The first-order valence-electron chi connectivity index (χ1n) is 7.62. The fraction of sp³-hybridized carbons (Fsp3) is 0.933. The van der Waals surface area contributed by atoms with Crippen molar-refractivity contribution in [3.8, 4) is 0 Å². The van der Waals surface area contributed by atoms with E-state index in [1.165, 1.54) is 0 Å². The molecule has 0 aliphatic rings. The molecule has 5 nitrogen and oxygen atoms in total. The fourth-order valence-corrected chi connectivity index (χ4v) is 1.69. The van der Waals surface area contributed by atoms with Crippen LogP contribution in [-0.2, 0) is 9.53 Å². The first-order chi connectivity index (χ1) is 9.32. The molecule has 0 saturated carbocycles. The maximum atomic E-state index is 11.6. The van der Waals surface area contributed by atoms with Crippen LogP contribution in [0.1, 0.15) is 47.5 Å². The third-order valence-electron chi connectivity index (χ3n) is 2.86. The van der Waals surface area contributed by atoms with Gasteiger partial charge in [-0.2, -0.15) is 0 Å². The highest BCUT2D eigenvalue weighted by Crippen LogP contribution is 2.03. The van der Waals surface area contributed by atoms with Crippen LogP contribution in [0.4, 0.5) is 0 Å². The quantitative estimate of drug-likeness (QED) is 0.501. The highest BCUT2D eigenvalue weighted by Gasteiger charge is 2.14. The molecule has 0 radical (unpaired) electrons. The van der Waals surface area contributed by atoms with Crippen molar-refractivity contribution in [1.82, 2.24) is 10.6 Å². The number of hydrogen-bond acceptors (Lipinski definition) is 4. The van der Waals surface area contributed by atoms with E-state index in [9.17, 15) is 9.90 Å². The molecule has 20 heavy (non-hydrogen) atoms. The fourth-order valence-electron chi connectivity index (χ4n) is 1.69. The van der Waals surface area contributed by atoms with E-state index in [4.69, 9.17) is 4.74 Å². The second kappa shape index (κ2) is 11.1. The van der Waals surface area contributed by atoms with Crippen molar-refractivity contribution in [3.05, 3.63) is 0 Å². The van der Waals surface area contributed by atoms with Crippen molar-refractivity contribution in [2.75, 3.05) is 19.8 Å². The number of amides is 1. The largest absolute Gasteiger partial charge is 0.389 e. The lowest BCUT2D eigenvalue weighted by Gasteiger charge is -2.18. The van der Waals surface area contributed by atoms with Gasteiger partial charge in [-0.25, -0.2) is 0 Å². The molecule has 120 valence electrons. The molecule has 0 aromatic heterocycles. The summed E-state index contributed by atoms with van der Waals surface area (Å²) in [6, 6.07) is -0.186. The second-order valence-electron chi connectivity index (χ2n) is 6.06. The van der Waals surface area contributed by atoms with E-state index in [1.807, 2.05) is 13.8 Å². The molecule has 2 atom stereocenters. The van der Waals surface area contributed by atoms with Crippen molar-refractivity contribution in [3.63, 3.8) is 0 Å². The summed E-state index contributed by atoms with van der Waals surface area (Å²) in [5.41, 5.74) is 0. The number of aliphatic hydroxyl groups excluding tert-OH is 1. The topological polar surface area (TPSA) is 70.6 Å². The Bertz CT molecular complexity index is 258. The zero-order valence-electron chi connectivity index (χ0n) is 13.6. The molecule has 0 bridgehead atoms. The van der Waals surface area contributed by atoms with Crippen molar-refractivity contribution in [2.24, 2.45) is 5.92 Å². The lowest BCUT2D eigenvalue weighted by Crippen LogP contribution is -2.47. The minimum atomic E-state index is -0.580. The average Bonchev–Trinajstić information content (AvgIpc) is 2.34. The molecule has 0 saturated heterocycles. The number of hydrogen-bond donors (Lipinski definition) is 3. The van der Waals surface area contributed by atoms with E-state index in [2.05, 4.69) is 24.5 Å². The van der Waals surface area contributed by atoms with Gasteiger partial charge in [-0.15, -0.1) is 0 Å². The summed E-state index contributed by atoms with van der Waals surface area (Å²) in [5, 5.41) is 15.6. The van der Waals surface area contributed by atoms with Gasteiger partial charge in [-0.05, 0) is 39.5 Å². The Hall–Kier alpha value is -0.650. The van der Waals surface area contributed by atoms with Gasteiger partial charge in [0.1, 0.15) is 0 Å². The van der Waals surface area contributed by atoms with Gasteiger partial charge in [0.15, 0.2) is 0 Å². The predicted octanol–water partition coefficient (Wildman–Crippen LogP) is 1.30. The van der Waals surface area contributed by atoms with E-state index in [-0.39, 0.29) is 18.0 Å². The second-order valence-corrected chi connectivity index (χ2v) is 6.06. The molecule has 0 aliphatic carbocycles. The minimum Gasteiger partial charge on any atom is -0.389 e. The molecule has 0 aromatic carbocycles. The smallest absolute Gasteiger partial charge is 0.237 e. The van der Waals surface area contributed by atoms with Crippen molar-refractivity contribution in [2.45, 2.75) is 65.6 Å². The lowest BCUT2D eigenvalue weighted by atomic mass is 10.1. The van der Waals surface area contributed by atoms with E-state index in [0.717, 1.165) is 12.8 Å². The highest BCUT2D eigenvalue weighted by atomic mass is 16.5. The zero-order valence-corrected chi connectivity index (χ0v) is 13.6. The SMILES string of the molecule is CC(C)CCCOCC(O)CNC(C)C(=O)NC(C)C. The van der Waals surface area contributed by atoms with Crippen LogP contribution in [-0.4, -0.2) is 49.0 Å². The normalized spacial score (nSPS) is 14.6. The van der Waals surface area contributed by atoms with Gasteiger partial charge in [-0.1, -0.05) is 13.8 Å². The van der Waals surface area contributed by atoms with E-state index >= 15 is 0 Å². The van der Waals surface area contributed by atoms with Gasteiger partial charge in [-0.3, -0.25) is 4.79 Å². The molecule has 0 rings (SSSR count). The summed E-state index contributed by atoms with van der Waals surface area (Å²) < 4.78 is 5.41. The van der Waals surface area contributed by atoms with Crippen LogP contribution >= 0.6 is 0 Å². The van der Waals surface area contributed by atoms with Crippen molar-refractivity contribution in [1.29, 1.82) is 0 Å². The van der Waals surface area contributed by atoms with Crippen LogP contribution in [0.25, 0.3) is 0 Å². The average molecular weight is 288 g/mol. The van der Waals surface area contributed by atoms with E-state index in [1.54, 1.807) is 6.92 Å². The molecule has 0 heterocycles. The number of nitrogens with one attached hydrogen (secondary N) is 2. The molecule has 0 spiro atoms. The van der Waals surface area contributed by atoms with Gasteiger partial charge in [0.25, 0.3) is 0 Å². The number of carbonyl (C=O) groups excluding carboxylic acids is 1. The summed E-state index contributed by atoms with van der Waals surface area (Å²) in [6.45, 7) is 11.3. The summed E-state index contributed by atoms with van der Waals surface area (Å²) >= 11 is 0. The summed E-state index contributed by atoms with van der Waals surface area (Å²) in [6.07, 6.45) is 1.58. The summed E-state index contributed by atoms with van der Waals surface area (Å²) in [5.74, 6) is 0.635. The van der Waals surface area contributed by atoms with Crippen LogP contribution in [0.15, 0.2) is 0 Å². The first-order valence-corrected chi connectivity index (χ1v) is 7.62. The zero-order chi connectivity index (χ0) is 15.5. The molecule has 0 aliphatic heterocycles. The number of carbonyl (C=O) groups is 1. The van der Waals surface area contributed by atoms with Gasteiger partial charge in [0, 0.05) is 19.2 Å². The molecule has 0 fully saturated rings. The maximum absolute atomic E-state index is 11.6. The molecule has 1 amide bonds. The third-order valence-corrected chi connectivity index (χ3v) is 2.86. The van der Waals surface area contributed by atoms with Gasteiger partial charge >= 0.3 is 0 Å². The Morgan fingerprint density at radius 2 is 1.85 bits per heavy atom. The Labute approximate surface area is 123 Å². The Morgan fingerprint density at radius 3 is 2.40 bits per heavy atom. The third kappa shape index (κ3) is 11.2. The van der Waals surface area contributed by atoms with Crippen LogP contribution in [0.2, 0.25) is 0 Å². The number of rotatable bonds is 11. The monoisotopic (exact) mass is 288 g/mol.